The van der Waals surface area contributed by atoms with Crippen molar-refractivity contribution in [2.45, 2.75) is 13.8 Å². The fourth-order valence-corrected chi connectivity index (χ4v) is 0.825. The fraction of sp³-hybridized carbons (Fsp3) is 0.333. The van der Waals surface area contributed by atoms with E-state index >= 15 is 0 Å². The van der Waals surface area contributed by atoms with Crippen molar-refractivity contribution in [1.29, 1.82) is 0 Å². The number of carbonyl (C=O) groups is 3. The Morgan fingerprint density at radius 3 is 2.14 bits per heavy atom. The van der Waals surface area contributed by atoms with E-state index in [9.17, 15) is 18.8 Å². The van der Waals surface area contributed by atoms with Crippen LogP contribution in [0.25, 0.3) is 0 Å². The number of aromatic nitrogens is 1. The Morgan fingerprint density at radius 2 is 1.81 bits per heavy atom. The molecule has 2 N–H and O–H groups in total. The first kappa shape index (κ1) is 18.3. The average molecular weight is 303 g/mol. The Hall–Kier alpha value is -2.71. The lowest BCUT2D eigenvalue weighted by Crippen LogP contribution is -2.11. The van der Waals surface area contributed by atoms with Crippen molar-refractivity contribution in [3.63, 3.8) is 0 Å². The molecule has 0 fully saturated rings. The van der Waals surface area contributed by atoms with Gasteiger partial charge in [-0.1, -0.05) is 13.8 Å². The lowest BCUT2D eigenvalue weighted by Gasteiger charge is -2.02. The molecule has 8 nitrogen and oxygen atoms in total. The zero-order chi connectivity index (χ0) is 16.6. The highest BCUT2D eigenvalue weighted by atomic mass is 19.1. The van der Waals surface area contributed by atoms with Crippen LogP contribution in [0.15, 0.2) is 12.3 Å². The van der Waals surface area contributed by atoms with E-state index in [1.54, 1.807) is 13.8 Å². The average Bonchev–Trinajstić information content (AvgIpc) is 2.38. The molecular weight excluding hydrogens is 289 g/mol. The van der Waals surface area contributed by atoms with Crippen molar-refractivity contribution in [1.82, 2.24) is 4.98 Å². The van der Waals surface area contributed by atoms with E-state index in [2.05, 4.69) is 14.5 Å². The van der Waals surface area contributed by atoms with Gasteiger partial charge in [0.1, 0.15) is 0 Å². The molecule has 0 amide bonds. The zero-order valence-corrected chi connectivity index (χ0v) is 11.5. The van der Waals surface area contributed by atoms with Crippen molar-refractivity contribution in [3.05, 3.63) is 23.6 Å². The third-order valence-electron chi connectivity index (χ3n) is 1.91. The van der Waals surface area contributed by atoms with Gasteiger partial charge in [-0.25, -0.2) is 19.0 Å². The molecule has 0 aliphatic carbocycles. The lowest BCUT2D eigenvalue weighted by atomic mass is 10.2. The van der Waals surface area contributed by atoms with E-state index < -0.39 is 23.9 Å². The van der Waals surface area contributed by atoms with Gasteiger partial charge in [0, 0.05) is 6.20 Å². The van der Waals surface area contributed by atoms with Crippen molar-refractivity contribution in [3.8, 4) is 5.88 Å². The number of ether oxygens (including phenoxy) is 2. The first-order valence-corrected chi connectivity index (χ1v) is 5.56. The van der Waals surface area contributed by atoms with E-state index in [0.717, 1.165) is 12.3 Å². The molecule has 0 radical (unpaired) electrons. The van der Waals surface area contributed by atoms with Crippen LogP contribution in [0.3, 0.4) is 0 Å². The summed E-state index contributed by atoms with van der Waals surface area (Å²) in [4.78, 5) is 34.1. The fourth-order valence-electron chi connectivity index (χ4n) is 0.825. The molecule has 1 rings (SSSR count). The van der Waals surface area contributed by atoms with E-state index in [1.165, 1.54) is 7.11 Å². The van der Waals surface area contributed by atoms with Gasteiger partial charge < -0.3 is 19.7 Å². The topological polar surface area (TPSA) is 123 Å². The van der Waals surface area contributed by atoms with Gasteiger partial charge in [0.05, 0.1) is 18.6 Å². The number of halogens is 1. The highest BCUT2D eigenvalue weighted by Crippen LogP contribution is 2.14. The lowest BCUT2D eigenvalue weighted by molar-refractivity contribution is -0.140. The normalized spacial score (nSPS) is 9.38. The molecule has 0 bridgehead atoms. The number of methoxy groups -OCH3 is 1. The van der Waals surface area contributed by atoms with E-state index in [-0.39, 0.29) is 17.4 Å². The van der Waals surface area contributed by atoms with Gasteiger partial charge in [-0.05, 0) is 6.07 Å². The number of nitrogens with zero attached hydrogens (tertiary/aromatic N) is 1. The molecule has 0 unspecified atom stereocenters. The van der Waals surface area contributed by atoms with Crippen molar-refractivity contribution in [2.24, 2.45) is 5.92 Å². The van der Waals surface area contributed by atoms with Gasteiger partial charge in [-0.3, -0.25) is 4.79 Å². The van der Waals surface area contributed by atoms with E-state index in [1.807, 2.05) is 0 Å². The minimum Gasteiger partial charge on any atom is -0.481 e. The molecule has 9 heteroatoms. The summed E-state index contributed by atoms with van der Waals surface area (Å²) < 4.78 is 21.3. The van der Waals surface area contributed by atoms with Crippen LogP contribution in [-0.2, 0) is 9.53 Å². The Bertz CT molecular complexity index is 530. The minimum atomic E-state index is -1.77. The molecule has 0 saturated carbocycles. The van der Waals surface area contributed by atoms with Gasteiger partial charge >= 0.3 is 18.1 Å². The molecule has 21 heavy (non-hydrogen) atoms. The molecule has 0 aromatic carbocycles. The molecular formula is C12H14FNO7. The van der Waals surface area contributed by atoms with Gasteiger partial charge in [0.25, 0.3) is 0 Å². The summed E-state index contributed by atoms with van der Waals surface area (Å²) >= 11 is 0. The van der Waals surface area contributed by atoms with Crippen LogP contribution in [0.1, 0.15) is 24.2 Å². The van der Waals surface area contributed by atoms with Crippen LogP contribution < -0.4 is 4.74 Å². The van der Waals surface area contributed by atoms with Gasteiger partial charge in [0.2, 0.25) is 5.88 Å². The number of hydrogen-bond donors (Lipinski definition) is 2. The van der Waals surface area contributed by atoms with Crippen LogP contribution >= 0.6 is 0 Å². The summed E-state index contributed by atoms with van der Waals surface area (Å²) in [6, 6.07) is 0.775. The SMILES string of the molecule is CC(C)C(=O)O.COc1ncc(C(=O)OC(=O)O)cc1F. The standard InChI is InChI=1S/C8H6FNO5.C4H8O2/c1-14-6-5(9)2-4(3-10-6)7(11)15-8(12)13;1-3(2)4(5)6/h2-3H,1H3,(H,12,13);3H,1-2H3,(H,5,6). The summed E-state index contributed by atoms with van der Waals surface area (Å²) in [6.07, 6.45) is -0.816. The number of esters is 1. The maximum atomic E-state index is 13.0. The number of aliphatic carboxylic acids is 1. The van der Waals surface area contributed by atoms with E-state index in [0.29, 0.717) is 0 Å². The first-order valence-electron chi connectivity index (χ1n) is 5.56. The number of carboxylic acid groups (broad SMARTS) is 2. The number of carboxylic acids is 1. The summed E-state index contributed by atoms with van der Waals surface area (Å²) in [5.41, 5.74) is -0.310. The Morgan fingerprint density at radius 1 is 1.29 bits per heavy atom. The molecule has 0 saturated heterocycles. The molecule has 1 aromatic heterocycles. The Kier molecular flexibility index (Phi) is 7.37. The van der Waals surface area contributed by atoms with Crippen LogP contribution in [0.4, 0.5) is 9.18 Å². The van der Waals surface area contributed by atoms with E-state index in [4.69, 9.17) is 10.2 Å². The predicted octanol–water partition coefficient (Wildman–Crippen LogP) is 1.79. The van der Waals surface area contributed by atoms with Crippen molar-refractivity contribution in [2.75, 3.05) is 7.11 Å². The Labute approximate surface area is 119 Å². The molecule has 1 heterocycles. The second-order valence-electron chi connectivity index (χ2n) is 3.86. The number of carbonyl (C=O) groups excluding carboxylic acids is 1. The van der Waals surface area contributed by atoms with Gasteiger partial charge in [0.15, 0.2) is 5.82 Å². The first-order chi connectivity index (χ1) is 9.68. The zero-order valence-electron chi connectivity index (χ0n) is 11.5. The molecule has 116 valence electrons. The highest BCUT2D eigenvalue weighted by Gasteiger charge is 2.15. The summed E-state index contributed by atoms with van der Waals surface area (Å²) in [6.45, 7) is 3.28. The predicted molar refractivity (Wildman–Crippen MR) is 66.7 cm³/mol. The molecule has 0 aliphatic heterocycles. The van der Waals surface area contributed by atoms with Crippen molar-refractivity contribution >= 4 is 18.1 Å². The van der Waals surface area contributed by atoms with Crippen LogP contribution in [0, 0.1) is 11.7 Å². The number of hydrogen-bond acceptors (Lipinski definition) is 6. The smallest absolute Gasteiger partial charge is 0.481 e. The minimum absolute atomic E-state index is 0.231. The van der Waals surface area contributed by atoms with Gasteiger partial charge in [-0.15, -0.1) is 0 Å². The summed E-state index contributed by atoms with van der Waals surface area (Å²) in [5, 5.41) is 16.1. The monoisotopic (exact) mass is 303 g/mol. The number of rotatable bonds is 3. The summed E-state index contributed by atoms with van der Waals surface area (Å²) in [7, 11) is 1.21. The van der Waals surface area contributed by atoms with Crippen LogP contribution in [-0.4, -0.2) is 40.4 Å². The molecule has 1 aromatic rings. The van der Waals surface area contributed by atoms with Crippen molar-refractivity contribution < 1.29 is 38.5 Å². The molecule has 0 aliphatic rings. The van der Waals surface area contributed by atoms with Gasteiger partial charge in [-0.2, -0.15) is 0 Å². The van der Waals surface area contributed by atoms with Crippen LogP contribution in [0.2, 0.25) is 0 Å². The second kappa shape index (κ2) is 8.46. The maximum Gasteiger partial charge on any atom is 0.513 e. The quantitative estimate of drug-likeness (QED) is 0.640. The number of pyridine rings is 1. The highest BCUT2D eigenvalue weighted by molar-refractivity contribution is 5.94. The third-order valence-corrected chi connectivity index (χ3v) is 1.91. The summed E-state index contributed by atoms with van der Waals surface area (Å²) in [5.74, 6) is -3.34. The maximum absolute atomic E-state index is 13.0. The Balaban J connectivity index is 0.000000567. The largest absolute Gasteiger partial charge is 0.513 e. The van der Waals surface area contributed by atoms with Crippen LogP contribution in [0.5, 0.6) is 5.88 Å². The molecule has 0 atom stereocenters. The molecule has 0 spiro atoms. The third kappa shape index (κ3) is 6.85. The second-order valence-corrected chi connectivity index (χ2v) is 3.86.